The second-order valence-corrected chi connectivity index (χ2v) is 13.5. The largest absolute Gasteiger partial charge is 0.496 e. The van der Waals surface area contributed by atoms with E-state index in [0.29, 0.717) is 51.4 Å². The fraction of sp³-hybridized carbons (Fsp3) is 0.333. The van der Waals surface area contributed by atoms with E-state index in [4.69, 9.17) is 9.47 Å². The molecule has 0 saturated carbocycles. The number of aryl methyl sites for hydroxylation is 2. The summed E-state index contributed by atoms with van der Waals surface area (Å²) in [5, 5.41) is 7.82. The number of alkyl halides is 2. The summed E-state index contributed by atoms with van der Waals surface area (Å²) in [4.78, 5) is 38.6. The summed E-state index contributed by atoms with van der Waals surface area (Å²) in [6.07, 6.45) is 2.33. The average molecular weight is 696 g/mol. The molecule has 12 heteroatoms. The van der Waals surface area contributed by atoms with Gasteiger partial charge in [-0.15, -0.1) is 0 Å². The van der Waals surface area contributed by atoms with E-state index in [1.165, 1.54) is 0 Å². The first-order chi connectivity index (χ1) is 24.3. The van der Waals surface area contributed by atoms with Crippen molar-refractivity contribution in [3.63, 3.8) is 0 Å². The number of pyridine rings is 1. The van der Waals surface area contributed by atoms with Crippen molar-refractivity contribution in [3.05, 3.63) is 98.6 Å². The molecule has 0 radical (unpaired) electrons. The minimum atomic E-state index is -3.16. The molecule has 5 aromatic rings. The van der Waals surface area contributed by atoms with Gasteiger partial charge in [-0.05, 0) is 79.3 Å². The molecular formula is C39H39F2N5O5. The van der Waals surface area contributed by atoms with Crippen LogP contribution in [0.3, 0.4) is 0 Å². The lowest BCUT2D eigenvalue weighted by Crippen LogP contribution is -2.42. The van der Waals surface area contributed by atoms with Crippen LogP contribution in [-0.4, -0.2) is 51.8 Å². The monoisotopic (exact) mass is 695 g/mol. The number of fused-ring (bicyclic) bond motifs is 2. The van der Waals surface area contributed by atoms with Gasteiger partial charge in [0.05, 0.1) is 37.5 Å². The maximum Gasteiger partial charge on any atom is 0.286 e. The van der Waals surface area contributed by atoms with Crippen molar-refractivity contribution in [2.75, 3.05) is 20.8 Å². The van der Waals surface area contributed by atoms with Gasteiger partial charge < -0.3 is 14.0 Å². The molecule has 7 rings (SSSR count). The van der Waals surface area contributed by atoms with Crippen LogP contribution in [0.15, 0.2) is 59.5 Å². The van der Waals surface area contributed by atoms with Crippen molar-refractivity contribution >= 4 is 22.7 Å². The van der Waals surface area contributed by atoms with Gasteiger partial charge in [-0.1, -0.05) is 24.3 Å². The summed E-state index contributed by atoms with van der Waals surface area (Å²) in [5.74, 6) is -2.87. The van der Waals surface area contributed by atoms with Crippen LogP contribution in [0.25, 0.3) is 33.2 Å². The van der Waals surface area contributed by atoms with Crippen LogP contribution in [0.2, 0.25) is 0 Å². The van der Waals surface area contributed by atoms with E-state index in [-0.39, 0.29) is 36.5 Å². The molecule has 1 atom stereocenters. The summed E-state index contributed by atoms with van der Waals surface area (Å²) in [5.41, 5.74) is 6.92. The Morgan fingerprint density at radius 1 is 0.941 bits per heavy atom. The maximum atomic E-state index is 16.1. The Bertz CT molecular complexity index is 2280. The molecule has 0 bridgehead atoms. The fourth-order valence-electron chi connectivity index (χ4n) is 7.55. The predicted octanol–water partition coefficient (Wildman–Crippen LogP) is 6.10. The molecule has 10 nitrogen and oxygen atoms in total. The van der Waals surface area contributed by atoms with Crippen LogP contribution in [0.5, 0.6) is 11.5 Å². The number of rotatable bonds is 7. The number of benzene rings is 3. The van der Waals surface area contributed by atoms with Crippen molar-refractivity contribution in [2.45, 2.75) is 58.7 Å². The highest BCUT2D eigenvalue weighted by Crippen LogP contribution is 2.43. The number of hydrogen-bond donors (Lipinski definition) is 1. The number of halogens is 2. The van der Waals surface area contributed by atoms with Gasteiger partial charge in [0.1, 0.15) is 17.5 Å². The van der Waals surface area contributed by atoms with E-state index in [1.807, 2.05) is 50.2 Å². The summed E-state index contributed by atoms with van der Waals surface area (Å²) in [6, 6.07) is 13.8. The molecule has 2 aliphatic heterocycles. The first-order valence-corrected chi connectivity index (χ1v) is 16.8. The second kappa shape index (κ2) is 12.8. The fourth-order valence-corrected chi connectivity index (χ4v) is 7.55. The first-order valence-electron chi connectivity index (χ1n) is 16.8. The van der Waals surface area contributed by atoms with E-state index in [2.05, 4.69) is 10.4 Å². The lowest BCUT2D eigenvalue weighted by atomic mass is 9.90. The van der Waals surface area contributed by atoms with Gasteiger partial charge in [0.2, 0.25) is 5.91 Å². The summed E-state index contributed by atoms with van der Waals surface area (Å²) in [7, 11) is 4.79. The molecule has 4 heterocycles. The highest BCUT2D eigenvalue weighted by atomic mass is 19.3. The molecule has 2 amide bonds. The number of piperidine rings is 1. The molecule has 2 aliphatic rings. The normalized spacial score (nSPS) is 17.4. The van der Waals surface area contributed by atoms with Crippen molar-refractivity contribution in [3.8, 4) is 33.8 Å². The summed E-state index contributed by atoms with van der Waals surface area (Å²) in [6.45, 7) is 5.46. The number of imide groups is 1. The topological polar surface area (TPSA) is 108 Å². The Balaban J connectivity index is 1.20. The number of amides is 2. The molecule has 1 N–H and O–H groups in total. The van der Waals surface area contributed by atoms with E-state index in [0.717, 1.165) is 27.6 Å². The molecule has 3 aromatic carbocycles. The SMILES string of the molecule is COc1cc(-c2cn(C)c(=O)c(C)c2C)cc(OC)c1CN1Cc2ccc(-c3cccc4c3c(C)nn4C3CCC(=O)NC3=O)cc2C(F)(F)C1. The van der Waals surface area contributed by atoms with Crippen LogP contribution in [0.1, 0.15) is 52.4 Å². The number of methoxy groups -OCH3 is 2. The quantitative estimate of drug-likeness (QED) is 0.205. The lowest BCUT2D eigenvalue weighted by Gasteiger charge is -2.35. The minimum Gasteiger partial charge on any atom is -0.496 e. The zero-order chi connectivity index (χ0) is 36.4. The van der Waals surface area contributed by atoms with Crippen molar-refractivity contribution in [2.24, 2.45) is 7.05 Å². The lowest BCUT2D eigenvalue weighted by molar-refractivity contribution is -0.135. The Labute approximate surface area is 293 Å². The third-order valence-electron chi connectivity index (χ3n) is 10.3. The Morgan fingerprint density at radius 2 is 1.67 bits per heavy atom. The molecule has 0 aliphatic carbocycles. The van der Waals surface area contributed by atoms with E-state index in [1.54, 1.807) is 60.7 Å². The molecule has 1 saturated heterocycles. The third-order valence-corrected chi connectivity index (χ3v) is 10.3. The molecule has 51 heavy (non-hydrogen) atoms. The summed E-state index contributed by atoms with van der Waals surface area (Å²) >= 11 is 0. The van der Waals surface area contributed by atoms with Crippen molar-refractivity contribution < 1.29 is 27.8 Å². The number of nitrogens with zero attached hydrogens (tertiary/aromatic N) is 4. The van der Waals surface area contributed by atoms with Gasteiger partial charge >= 0.3 is 0 Å². The standard InChI is InChI=1S/C39H39F2N5O5/c1-21-22(2)38(49)44(4)18-28(21)26-15-33(50-5)29(34(16-26)51-6)19-45-17-25-11-10-24(14-30(25)39(40,41)20-45)27-8-7-9-31-36(27)23(3)43-46(31)32-12-13-35(47)42-37(32)48/h7-11,14-16,18,32H,12-13,17,19-20H2,1-6H3,(H,42,47,48). The smallest absolute Gasteiger partial charge is 0.286 e. The van der Waals surface area contributed by atoms with Crippen LogP contribution >= 0.6 is 0 Å². The van der Waals surface area contributed by atoms with E-state index >= 15 is 8.78 Å². The molecule has 1 fully saturated rings. The Kier molecular flexibility index (Phi) is 8.53. The van der Waals surface area contributed by atoms with Crippen LogP contribution < -0.4 is 20.3 Å². The Hall–Kier alpha value is -5.36. The second-order valence-electron chi connectivity index (χ2n) is 13.5. The van der Waals surface area contributed by atoms with E-state index < -0.39 is 24.4 Å². The highest BCUT2D eigenvalue weighted by molar-refractivity contribution is 6.01. The zero-order valence-corrected chi connectivity index (χ0v) is 29.4. The van der Waals surface area contributed by atoms with Gasteiger partial charge in [0.25, 0.3) is 17.4 Å². The number of carbonyl (C=O) groups excluding carboxylic acids is 2. The van der Waals surface area contributed by atoms with Crippen LogP contribution in [-0.2, 0) is 35.6 Å². The molecule has 264 valence electrons. The third kappa shape index (κ3) is 5.86. The number of nitrogens with one attached hydrogen (secondary N) is 1. The maximum absolute atomic E-state index is 16.1. The van der Waals surface area contributed by atoms with Gasteiger partial charge in [-0.25, -0.2) is 0 Å². The number of carbonyl (C=O) groups is 2. The van der Waals surface area contributed by atoms with E-state index in [9.17, 15) is 14.4 Å². The molecule has 1 unspecified atom stereocenters. The van der Waals surface area contributed by atoms with Gasteiger partial charge in [-0.2, -0.15) is 13.9 Å². The molecule has 0 spiro atoms. The predicted molar refractivity (Wildman–Crippen MR) is 189 cm³/mol. The van der Waals surface area contributed by atoms with Gasteiger partial charge in [0.15, 0.2) is 0 Å². The average Bonchev–Trinajstić information content (AvgIpc) is 3.44. The Morgan fingerprint density at radius 3 is 2.35 bits per heavy atom. The highest BCUT2D eigenvalue weighted by Gasteiger charge is 2.41. The first kappa shape index (κ1) is 34.1. The number of aromatic nitrogens is 3. The van der Waals surface area contributed by atoms with Gasteiger partial charge in [0, 0.05) is 54.8 Å². The summed E-state index contributed by atoms with van der Waals surface area (Å²) < 4.78 is 47.0. The molecular weight excluding hydrogens is 656 g/mol. The minimum absolute atomic E-state index is 0.0294. The number of ether oxygens (including phenoxy) is 2. The number of hydrogen-bond acceptors (Lipinski definition) is 7. The zero-order valence-electron chi connectivity index (χ0n) is 29.4. The van der Waals surface area contributed by atoms with Gasteiger partial charge in [-0.3, -0.25) is 29.3 Å². The van der Waals surface area contributed by atoms with Crippen LogP contribution in [0, 0.1) is 20.8 Å². The van der Waals surface area contributed by atoms with Crippen molar-refractivity contribution in [1.82, 2.24) is 24.6 Å². The van der Waals surface area contributed by atoms with Crippen LogP contribution in [0.4, 0.5) is 8.78 Å². The van der Waals surface area contributed by atoms with Crippen molar-refractivity contribution in [1.29, 1.82) is 0 Å². The molecule has 2 aromatic heterocycles.